The molecule has 1 atom stereocenters. The Kier molecular flexibility index (Phi) is 6.44. The van der Waals surface area contributed by atoms with E-state index in [1.165, 1.54) is 6.33 Å². The largest absolute Gasteiger partial charge is 0.439 e. The zero-order valence-corrected chi connectivity index (χ0v) is 17.9. The molecule has 1 fully saturated rings. The molecule has 3 heterocycles. The van der Waals surface area contributed by atoms with Gasteiger partial charge in [-0.15, -0.1) is 0 Å². The third kappa shape index (κ3) is 4.52. The maximum Gasteiger partial charge on any atom is 0.274 e. The van der Waals surface area contributed by atoms with E-state index in [2.05, 4.69) is 15.0 Å². The summed E-state index contributed by atoms with van der Waals surface area (Å²) in [5.41, 5.74) is 2.97. The number of hydrogen-bond donors (Lipinski definition) is 1. The molecule has 0 aliphatic carbocycles. The lowest BCUT2D eigenvalue weighted by Gasteiger charge is -2.19. The Morgan fingerprint density at radius 1 is 1.29 bits per heavy atom. The Morgan fingerprint density at radius 3 is 2.94 bits per heavy atom. The second kappa shape index (κ2) is 9.41. The van der Waals surface area contributed by atoms with Crippen molar-refractivity contribution in [1.82, 2.24) is 19.9 Å². The molecule has 1 aromatic carbocycles. The van der Waals surface area contributed by atoms with Gasteiger partial charge in [0.05, 0.1) is 11.6 Å². The first-order valence-electron chi connectivity index (χ1n) is 10.2. The number of rotatable bonds is 6. The quantitative estimate of drug-likeness (QED) is 0.625. The molecular formula is C23H23ClN4O3. The second-order valence-corrected chi connectivity index (χ2v) is 7.81. The number of aliphatic hydroxyl groups excluding tert-OH is 1. The fourth-order valence-corrected chi connectivity index (χ4v) is 4.07. The molecule has 1 amide bonds. The van der Waals surface area contributed by atoms with Crippen LogP contribution >= 0.6 is 11.6 Å². The number of carbonyl (C=O) groups is 1. The average Bonchev–Trinajstić information content (AvgIpc) is 3.29. The number of carbonyl (C=O) groups excluding carboxylic acids is 1. The third-order valence-corrected chi connectivity index (χ3v) is 5.81. The summed E-state index contributed by atoms with van der Waals surface area (Å²) in [4.78, 5) is 26.9. The summed E-state index contributed by atoms with van der Waals surface area (Å²) < 4.78 is 5.94. The number of aliphatic hydroxyl groups is 1. The highest BCUT2D eigenvalue weighted by Crippen LogP contribution is 2.34. The van der Waals surface area contributed by atoms with Crippen LogP contribution in [-0.2, 0) is 13.0 Å². The number of nitrogens with zero attached hydrogens (tertiary/aromatic N) is 4. The summed E-state index contributed by atoms with van der Waals surface area (Å²) in [7, 11) is 0. The first-order chi connectivity index (χ1) is 15.1. The molecule has 8 heteroatoms. The van der Waals surface area contributed by atoms with Gasteiger partial charge in [-0.3, -0.25) is 4.79 Å². The fourth-order valence-electron chi connectivity index (χ4n) is 3.87. The molecule has 3 aromatic rings. The van der Waals surface area contributed by atoms with Crippen molar-refractivity contribution in [2.24, 2.45) is 0 Å². The number of benzene rings is 1. The summed E-state index contributed by atoms with van der Waals surface area (Å²) in [6.07, 6.45) is 6.31. The van der Waals surface area contributed by atoms with Crippen molar-refractivity contribution in [3.8, 4) is 11.6 Å². The number of ether oxygens (including phenoxy) is 1. The number of amides is 1. The summed E-state index contributed by atoms with van der Waals surface area (Å²) in [5, 5.41) is 10.3. The number of hydrogen-bond acceptors (Lipinski definition) is 6. The zero-order chi connectivity index (χ0) is 21.8. The number of aromatic nitrogens is 3. The molecule has 1 aliphatic heterocycles. The Bertz CT molecular complexity index is 1090. The summed E-state index contributed by atoms with van der Waals surface area (Å²) in [6, 6.07) is 9.03. The van der Waals surface area contributed by atoms with Crippen molar-refractivity contribution in [3.05, 3.63) is 76.5 Å². The second-order valence-electron chi connectivity index (χ2n) is 7.40. The molecule has 0 radical (unpaired) electrons. The lowest BCUT2D eigenvalue weighted by Crippen LogP contribution is -2.29. The summed E-state index contributed by atoms with van der Waals surface area (Å²) in [6.45, 7) is 3.05. The van der Waals surface area contributed by atoms with E-state index in [1.54, 1.807) is 29.4 Å². The molecule has 160 valence electrons. The van der Waals surface area contributed by atoms with E-state index in [-0.39, 0.29) is 24.1 Å². The minimum Gasteiger partial charge on any atom is -0.439 e. The van der Waals surface area contributed by atoms with Gasteiger partial charge in [0.15, 0.2) is 0 Å². The molecule has 31 heavy (non-hydrogen) atoms. The maximum absolute atomic E-state index is 12.8. The van der Waals surface area contributed by atoms with E-state index in [9.17, 15) is 9.90 Å². The first kappa shape index (κ1) is 21.2. The standard InChI is InChI=1S/C23H23ClN4O3/c1-2-15-11-25-14-27-22(15)31-18-5-6-19(17(10-18)13-29)16-7-9-28(12-16)23(30)21-20(24)4-3-8-26-21/h3-6,8,10-11,14,16,29H,2,7,9,12-13H2,1H3. The van der Waals surface area contributed by atoms with Gasteiger partial charge in [-0.25, -0.2) is 15.0 Å². The number of likely N-dealkylation sites (tertiary alicyclic amines) is 1. The molecule has 0 bridgehead atoms. The van der Waals surface area contributed by atoms with Crippen LogP contribution in [0.1, 0.15) is 46.4 Å². The van der Waals surface area contributed by atoms with Crippen LogP contribution in [0, 0.1) is 0 Å². The molecule has 1 N–H and O–H groups in total. The van der Waals surface area contributed by atoms with Gasteiger partial charge >= 0.3 is 0 Å². The predicted molar refractivity (Wildman–Crippen MR) is 116 cm³/mol. The third-order valence-electron chi connectivity index (χ3n) is 5.50. The van der Waals surface area contributed by atoms with Crippen LogP contribution < -0.4 is 4.74 Å². The molecule has 1 saturated heterocycles. The van der Waals surface area contributed by atoms with Crippen molar-refractivity contribution in [2.75, 3.05) is 13.1 Å². The van der Waals surface area contributed by atoms with Crippen molar-refractivity contribution >= 4 is 17.5 Å². The first-order valence-corrected chi connectivity index (χ1v) is 10.6. The van der Waals surface area contributed by atoms with Crippen molar-refractivity contribution < 1.29 is 14.6 Å². The monoisotopic (exact) mass is 438 g/mol. The highest BCUT2D eigenvalue weighted by Gasteiger charge is 2.30. The Hall–Kier alpha value is -3.03. The van der Waals surface area contributed by atoms with Gasteiger partial charge < -0.3 is 14.7 Å². The Labute approximate surface area is 185 Å². The maximum atomic E-state index is 12.8. The highest BCUT2D eigenvalue weighted by molar-refractivity contribution is 6.33. The van der Waals surface area contributed by atoms with Crippen molar-refractivity contribution in [1.29, 1.82) is 0 Å². The summed E-state index contributed by atoms with van der Waals surface area (Å²) >= 11 is 6.14. The molecule has 0 spiro atoms. The van der Waals surface area contributed by atoms with Gasteiger partial charge in [0.25, 0.3) is 5.91 Å². The van der Waals surface area contributed by atoms with E-state index in [0.717, 1.165) is 29.5 Å². The molecule has 1 unspecified atom stereocenters. The van der Waals surface area contributed by atoms with E-state index in [4.69, 9.17) is 16.3 Å². The highest BCUT2D eigenvalue weighted by atomic mass is 35.5. The Morgan fingerprint density at radius 2 is 2.16 bits per heavy atom. The average molecular weight is 439 g/mol. The van der Waals surface area contributed by atoms with E-state index < -0.39 is 0 Å². The smallest absolute Gasteiger partial charge is 0.274 e. The van der Waals surface area contributed by atoms with Gasteiger partial charge in [0.1, 0.15) is 17.8 Å². The van der Waals surface area contributed by atoms with Crippen LogP contribution in [-0.4, -0.2) is 44.0 Å². The SMILES string of the molecule is CCc1cncnc1Oc1ccc(C2CCN(C(=O)c3ncccc3Cl)C2)c(CO)c1. The van der Waals surface area contributed by atoms with Crippen LogP contribution in [0.5, 0.6) is 11.6 Å². The number of aryl methyl sites for hydroxylation is 1. The van der Waals surface area contributed by atoms with Gasteiger partial charge in [-0.2, -0.15) is 0 Å². The minimum absolute atomic E-state index is 0.118. The number of halogens is 1. The molecule has 4 rings (SSSR count). The number of pyridine rings is 1. The van der Waals surface area contributed by atoms with Crippen LogP contribution in [0.2, 0.25) is 5.02 Å². The predicted octanol–water partition coefficient (Wildman–Crippen LogP) is 4.00. The zero-order valence-electron chi connectivity index (χ0n) is 17.2. The van der Waals surface area contributed by atoms with E-state index >= 15 is 0 Å². The van der Waals surface area contributed by atoms with Crippen LogP contribution in [0.4, 0.5) is 0 Å². The van der Waals surface area contributed by atoms with Gasteiger partial charge in [-0.05, 0) is 48.2 Å². The molecule has 7 nitrogen and oxygen atoms in total. The van der Waals surface area contributed by atoms with Crippen LogP contribution in [0.3, 0.4) is 0 Å². The van der Waals surface area contributed by atoms with E-state index in [1.807, 2.05) is 25.1 Å². The van der Waals surface area contributed by atoms with Gasteiger partial charge in [0.2, 0.25) is 5.88 Å². The van der Waals surface area contributed by atoms with E-state index in [0.29, 0.717) is 29.7 Å². The van der Waals surface area contributed by atoms with Gasteiger partial charge in [0, 0.05) is 37.0 Å². The Balaban J connectivity index is 1.51. The summed E-state index contributed by atoms with van der Waals surface area (Å²) in [5.74, 6) is 1.06. The molecule has 1 aliphatic rings. The lowest BCUT2D eigenvalue weighted by atomic mass is 9.93. The van der Waals surface area contributed by atoms with Crippen LogP contribution in [0.15, 0.2) is 49.1 Å². The van der Waals surface area contributed by atoms with Gasteiger partial charge in [-0.1, -0.05) is 24.6 Å². The molecule has 0 saturated carbocycles. The van der Waals surface area contributed by atoms with Crippen molar-refractivity contribution in [2.45, 2.75) is 32.3 Å². The fraction of sp³-hybridized carbons (Fsp3) is 0.304. The van der Waals surface area contributed by atoms with Crippen LogP contribution in [0.25, 0.3) is 0 Å². The lowest BCUT2D eigenvalue weighted by molar-refractivity contribution is 0.0785. The normalized spacial score (nSPS) is 15.8. The molecular weight excluding hydrogens is 416 g/mol. The minimum atomic E-state index is -0.172. The topological polar surface area (TPSA) is 88.4 Å². The molecule has 2 aromatic heterocycles. The van der Waals surface area contributed by atoms with Crippen molar-refractivity contribution in [3.63, 3.8) is 0 Å².